The molecule has 4 N–H and O–H groups in total. The Balaban J connectivity index is 2.25. The molecular formula is C41H72N4O7. The van der Waals surface area contributed by atoms with Crippen molar-refractivity contribution in [3.05, 3.63) is 29.3 Å². The van der Waals surface area contributed by atoms with Crippen molar-refractivity contribution in [2.45, 2.75) is 137 Å². The number of nitrogens with one attached hydrogen (secondary N) is 3. The third kappa shape index (κ3) is 17.3. The number of carbonyl (C=O) groups is 3. The minimum atomic E-state index is -1.01. The van der Waals surface area contributed by atoms with Crippen molar-refractivity contribution in [2.24, 2.45) is 23.7 Å². The fourth-order valence-corrected chi connectivity index (χ4v) is 6.51. The number of nitrogens with zero attached hydrogens (tertiary/aromatic N) is 1. The highest BCUT2D eigenvalue weighted by atomic mass is 16.6. The molecule has 1 aliphatic rings. The van der Waals surface area contributed by atoms with E-state index in [4.69, 9.17) is 14.2 Å². The van der Waals surface area contributed by atoms with E-state index in [1.54, 1.807) is 27.9 Å². The predicted octanol–water partition coefficient (Wildman–Crippen LogP) is 6.70. The summed E-state index contributed by atoms with van der Waals surface area (Å²) in [7, 11) is 1.69. The van der Waals surface area contributed by atoms with Crippen LogP contribution in [0.25, 0.3) is 0 Å². The number of amides is 3. The number of alkyl carbamates (subject to hydrolysis) is 1. The van der Waals surface area contributed by atoms with Crippen LogP contribution < -0.4 is 20.7 Å². The Labute approximate surface area is 314 Å². The zero-order chi connectivity index (χ0) is 38.7. The Bertz CT molecular complexity index is 1200. The number of methoxy groups -OCH3 is 1. The van der Waals surface area contributed by atoms with Gasteiger partial charge in [-0.15, -0.1) is 0 Å². The van der Waals surface area contributed by atoms with Crippen molar-refractivity contribution in [1.82, 2.24) is 20.9 Å². The van der Waals surface area contributed by atoms with Gasteiger partial charge >= 0.3 is 6.09 Å². The second kappa shape index (κ2) is 23.7. The number of carbonyl (C=O) groups excluding carboxylic acids is 3. The van der Waals surface area contributed by atoms with Gasteiger partial charge in [-0.3, -0.25) is 14.5 Å². The number of aliphatic hydroxyl groups is 1. The topological polar surface area (TPSA) is 138 Å². The highest BCUT2D eigenvalue weighted by Gasteiger charge is 2.33. The molecule has 1 aromatic carbocycles. The lowest BCUT2D eigenvalue weighted by atomic mass is 9.82. The fourth-order valence-electron chi connectivity index (χ4n) is 6.51. The number of aliphatic hydroxyl groups excluding tert-OH is 1. The van der Waals surface area contributed by atoms with E-state index in [1.807, 2.05) is 32.0 Å². The molecule has 1 aromatic rings. The van der Waals surface area contributed by atoms with E-state index < -0.39 is 29.8 Å². The lowest BCUT2D eigenvalue weighted by Crippen LogP contribution is -2.49. The van der Waals surface area contributed by atoms with Crippen molar-refractivity contribution in [3.63, 3.8) is 0 Å². The van der Waals surface area contributed by atoms with Gasteiger partial charge in [0.1, 0.15) is 11.4 Å². The lowest BCUT2D eigenvalue weighted by molar-refractivity contribution is -0.127. The highest BCUT2D eigenvalue weighted by molar-refractivity contribution is 5.97. The summed E-state index contributed by atoms with van der Waals surface area (Å²) >= 11 is 0. The number of piperidine rings is 1. The van der Waals surface area contributed by atoms with E-state index in [2.05, 4.69) is 41.6 Å². The molecule has 298 valence electrons. The molecule has 11 heteroatoms. The summed E-state index contributed by atoms with van der Waals surface area (Å²) in [5.41, 5.74) is 0.875. The lowest BCUT2D eigenvalue weighted by Gasteiger charge is -2.33. The molecule has 52 heavy (non-hydrogen) atoms. The number of unbranched alkanes of at least 4 members (excludes halogenated alkanes) is 2. The first-order valence-electron chi connectivity index (χ1n) is 19.9. The number of likely N-dealkylation sites (tertiary alicyclic amines) is 1. The molecule has 1 saturated heterocycles. The van der Waals surface area contributed by atoms with Gasteiger partial charge in [-0.1, -0.05) is 53.5 Å². The minimum Gasteiger partial charge on any atom is -0.493 e. The predicted molar refractivity (Wildman–Crippen MR) is 207 cm³/mol. The first-order chi connectivity index (χ1) is 24.6. The molecule has 0 spiro atoms. The zero-order valence-electron chi connectivity index (χ0n) is 33.9. The molecule has 2 rings (SSSR count). The second-order valence-corrected chi connectivity index (χ2v) is 16.2. The maximum absolute atomic E-state index is 13.8. The molecule has 0 saturated carbocycles. The van der Waals surface area contributed by atoms with Crippen LogP contribution in [0.15, 0.2) is 18.2 Å². The molecule has 1 aliphatic heterocycles. The van der Waals surface area contributed by atoms with Crippen LogP contribution in [0, 0.1) is 23.7 Å². The minimum absolute atomic E-state index is 0.0127. The molecule has 4 unspecified atom stereocenters. The van der Waals surface area contributed by atoms with E-state index in [9.17, 15) is 19.5 Å². The number of hydrogen-bond acceptors (Lipinski definition) is 8. The van der Waals surface area contributed by atoms with Crippen LogP contribution >= 0.6 is 0 Å². The van der Waals surface area contributed by atoms with Crippen LogP contribution in [0.4, 0.5) is 4.79 Å². The smallest absolute Gasteiger partial charge is 0.407 e. The van der Waals surface area contributed by atoms with Gasteiger partial charge in [-0.25, -0.2) is 4.79 Å². The average Bonchev–Trinajstić information content (AvgIpc) is 3.07. The Morgan fingerprint density at radius 3 is 2.23 bits per heavy atom. The summed E-state index contributed by atoms with van der Waals surface area (Å²) in [6.07, 6.45) is 6.13. The van der Waals surface area contributed by atoms with Crippen molar-refractivity contribution >= 4 is 17.9 Å². The van der Waals surface area contributed by atoms with Crippen LogP contribution in [0.2, 0.25) is 0 Å². The van der Waals surface area contributed by atoms with E-state index in [0.29, 0.717) is 44.0 Å². The maximum Gasteiger partial charge on any atom is 0.407 e. The van der Waals surface area contributed by atoms with Crippen molar-refractivity contribution < 1.29 is 33.7 Å². The Morgan fingerprint density at radius 2 is 1.62 bits per heavy atom. The standard InChI is InChI=1S/C41H72N4O7/c1-10-11-19-42-39(48)34(30(4)5)26-36(46)35(44-40(49)52-41(6,7)8)25-32(29(2)3)27-43-38(47)33-18-17-31(28-45-20-13-12-14-21-45)24-37(33)51-23-16-15-22-50-9/h17-18,24,29-30,32,34-36,46H,10-16,19-23,25-28H2,1-9H3,(H,42,48)(H,43,47)(H,44,49). The van der Waals surface area contributed by atoms with Gasteiger partial charge in [0.25, 0.3) is 5.91 Å². The van der Waals surface area contributed by atoms with Gasteiger partial charge in [0.2, 0.25) is 5.91 Å². The van der Waals surface area contributed by atoms with E-state index in [1.165, 1.54) is 19.3 Å². The zero-order valence-corrected chi connectivity index (χ0v) is 33.9. The number of benzene rings is 1. The molecule has 3 amide bonds. The number of rotatable bonds is 23. The van der Waals surface area contributed by atoms with Crippen molar-refractivity contribution in [1.29, 1.82) is 0 Å². The SMILES string of the molecule is CCCCNC(=O)C(CC(O)C(CC(CNC(=O)c1ccc(CN2CCCCC2)cc1OCCCCOC)C(C)C)NC(=O)OC(C)(C)C)C(C)C. The van der Waals surface area contributed by atoms with Gasteiger partial charge in [0.05, 0.1) is 24.3 Å². The molecule has 0 aliphatic carbocycles. The molecular weight excluding hydrogens is 660 g/mol. The Hall–Kier alpha value is -2.89. The van der Waals surface area contributed by atoms with Gasteiger partial charge in [-0.2, -0.15) is 0 Å². The van der Waals surface area contributed by atoms with Gasteiger partial charge in [-0.05, 0) is 114 Å². The molecule has 0 aromatic heterocycles. The summed E-state index contributed by atoms with van der Waals surface area (Å²) in [6.45, 7) is 20.5. The van der Waals surface area contributed by atoms with Crippen LogP contribution in [-0.4, -0.2) is 92.2 Å². The molecule has 11 nitrogen and oxygen atoms in total. The first kappa shape index (κ1) is 45.3. The summed E-state index contributed by atoms with van der Waals surface area (Å²) < 4.78 is 17.0. The maximum atomic E-state index is 13.8. The van der Waals surface area contributed by atoms with Gasteiger partial charge in [0, 0.05) is 39.3 Å². The van der Waals surface area contributed by atoms with Gasteiger partial charge < -0.3 is 35.3 Å². The summed E-state index contributed by atoms with van der Waals surface area (Å²) in [5, 5.41) is 20.7. The number of hydrogen-bond donors (Lipinski definition) is 4. The van der Waals surface area contributed by atoms with Gasteiger partial charge in [0.15, 0.2) is 0 Å². The molecule has 1 fully saturated rings. The summed E-state index contributed by atoms with van der Waals surface area (Å²) in [6, 6.07) is 5.17. The molecule has 0 bridgehead atoms. The Morgan fingerprint density at radius 1 is 0.923 bits per heavy atom. The van der Waals surface area contributed by atoms with Crippen LogP contribution in [0.3, 0.4) is 0 Å². The van der Waals surface area contributed by atoms with Crippen LogP contribution in [-0.2, 0) is 20.8 Å². The molecule has 0 radical (unpaired) electrons. The third-order valence-corrected chi connectivity index (χ3v) is 9.80. The third-order valence-electron chi connectivity index (χ3n) is 9.80. The first-order valence-corrected chi connectivity index (χ1v) is 19.9. The van der Waals surface area contributed by atoms with E-state index in [0.717, 1.165) is 50.9 Å². The fraction of sp³-hybridized carbons (Fsp3) is 0.780. The normalized spacial score (nSPS) is 16.2. The largest absolute Gasteiger partial charge is 0.493 e. The molecule has 4 atom stereocenters. The highest BCUT2D eigenvalue weighted by Crippen LogP contribution is 2.26. The summed E-state index contributed by atoms with van der Waals surface area (Å²) in [4.78, 5) is 42.4. The monoisotopic (exact) mass is 733 g/mol. The Kier molecular flexibility index (Phi) is 20.6. The number of ether oxygens (including phenoxy) is 3. The van der Waals surface area contributed by atoms with Crippen LogP contribution in [0.1, 0.15) is 129 Å². The molecule has 1 heterocycles. The van der Waals surface area contributed by atoms with Crippen molar-refractivity contribution in [3.8, 4) is 5.75 Å². The van der Waals surface area contributed by atoms with E-state index in [-0.39, 0.29) is 36.0 Å². The van der Waals surface area contributed by atoms with Crippen LogP contribution in [0.5, 0.6) is 5.75 Å². The van der Waals surface area contributed by atoms with Crippen molar-refractivity contribution in [2.75, 3.05) is 46.5 Å². The summed E-state index contributed by atoms with van der Waals surface area (Å²) in [5.74, 6) is -0.197. The average molecular weight is 733 g/mol. The second-order valence-electron chi connectivity index (χ2n) is 16.2. The quantitative estimate of drug-likeness (QED) is 0.0913. The van der Waals surface area contributed by atoms with E-state index >= 15 is 0 Å².